The van der Waals surface area contributed by atoms with Gasteiger partial charge in [0.15, 0.2) is 0 Å². The predicted molar refractivity (Wildman–Crippen MR) is 63.2 cm³/mol. The number of carbonyl (C=O) groups is 2. The first-order chi connectivity index (χ1) is 8.11. The molecule has 0 aliphatic carbocycles. The minimum atomic E-state index is -0.935. The zero-order valence-corrected chi connectivity index (χ0v) is 9.43. The molecule has 0 radical (unpaired) electrons. The van der Waals surface area contributed by atoms with Gasteiger partial charge in [-0.1, -0.05) is 30.3 Å². The van der Waals surface area contributed by atoms with Crippen LogP contribution in [0.25, 0.3) is 0 Å². The lowest BCUT2D eigenvalue weighted by Gasteiger charge is -2.14. The number of carboxylic acids is 1. The van der Waals surface area contributed by atoms with Crippen LogP contribution in [0.5, 0.6) is 0 Å². The number of hydrogen-bond acceptors (Lipinski definition) is 3. The second-order valence-corrected chi connectivity index (χ2v) is 3.71. The zero-order valence-electron chi connectivity index (χ0n) is 9.43. The minimum Gasteiger partial charge on any atom is -0.480 e. The molecule has 1 amide bonds. The number of rotatable bonds is 7. The molecule has 1 aromatic rings. The van der Waals surface area contributed by atoms with Crippen molar-refractivity contribution >= 4 is 11.9 Å². The first kappa shape index (κ1) is 13.2. The van der Waals surface area contributed by atoms with Gasteiger partial charge in [-0.05, 0) is 18.5 Å². The number of primary amides is 1. The van der Waals surface area contributed by atoms with Crippen molar-refractivity contribution in [1.29, 1.82) is 0 Å². The molecule has 17 heavy (non-hydrogen) atoms. The molecule has 0 bridgehead atoms. The highest BCUT2D eigenvalue weighted by Crippen LogP contribution is 2.12. The summed E-state index contributed by atoms with van der Waals surface area (Å²) in [6.45, 7) is 0.439. The molecule has 92 valence electrons. The largest absolute Gasteiger partial charge is 0.480 e. The van der Waals surface area contributed by atoms with Crippen molar-refractivity contribution in [2.45, 2.75) is 18.9 Å². The fourth-order valence-electron chi connectivity index (χ4n) is 1.50. The summed E-state index contributed by atoms with van der Waals surface area (Å²) >= 11 is 0. The quantitative estimate of drug-likeness (QED) is 0.606. The van der Waals surface area contributed by atoms with Crippen molar-refractivity contribution in [3.05, 3.63) is 35.9 Å². The summed E-state index contributed by atoms with van der Waals surface area (Å²) in [5.74, 6) is -1.31. The van der Waals surface area contributed by atoms with E-state index in [1.807, 2.05) is 6.07 Å². The van der Waals surface area contributed by atoms with E-state index in [1.54, 1.807) is 24.3 Å². The molecule has 5 heteroatoms. The molecule has 4 N–H and O–H groups in total. The normalized spacial score (nSPS) is 12.0. The number of nitrogens with one attached hydrogen (secondary N) is 1. The summed E-state index contributed by atoms with van der Waals surface area (Å²) in [4.78, 5) is 21.6. The molecule has 1 aromatic carbocycles. The molecular formula is C12H16N2O3. The maximum Gasteiger partial charge on any atom is 0.325 e. The Morgan fingerprint density at radius 2 is 1.94 bits per heavy atom. The van der Waals surface area contributed by atoms with Crippen molar-refractivity contribution in [2.75, 3.05) is 6.54 Å². The second-order valence-electron chi connectivity index (χ2n) is 3.71. The van der Waals surface area contributed by atoms with Gasteiger partial charge >= 0.3 is 5.97 Å². The third-order valence-electron chi connectivity index (χ3n) is 2.33. The molecule has 0 saturated carbocycles. The Bertz CT molecular complexity index is 379. The Labute approximate surface area is 99.6 Å². The smallest absolute Gasteiger partial charge is 0.325 e. The van der Waals surface area contributed by atoms with E-state index in [2.05, 4.69) is 5.32 Å². The molecule has 0 aliphatic heterocycles. The van der Waals surface area contributed by atoms with Crippen LogP contribution >= 0.6 is 0 Å². The van der Waals surface area contributed by atoms with Gasteiger partial charge in [0.25, 0.3) is 0 Å². The summed E-state index contributed by atoms with van der Waals surface area (Å²) in [5.41, 5.74) is 5.69. The van der Waals surface area contributed by atoms with Crippen molar-refractivity contribution < 1.29 is 14.7 Å². The van der Waals surface area contributed by atoms with Crippen LogP contribution in [-0.4, -0.2) is 23.5 Å². The third kappa shape index (κ3) is 4.65. The van der Waals surface area contributed by atoms with Crippen molar-refractivity contribution in [3.8, 4) is 0 Å². The number of amides is 1. The number of hydrogen-bond donors (Lipinski definition) is 3. The highest BCUT2D eigenvalue weighted by atomic mass is 16.4. The molecule has 0 spiro atoms. The van der Waals surface area contributed by atoms with Gasteiger partial charge in [0, 0.05) is 6.42 Å². The maximum atomic E-state index is 11.1. The number of carboxylic acid groups (broad SMARTS) is 1. The predicted octanol–water partition coefficient (Wildman–Crippen LogP) is 0.667. The van der Waals surface area contributed by atoms with Gasteiger partial charge in [-0.2, -0.15) is 0 Å². The fraction of sp³-hybridized carbons (Fsp3) is 0.333. The Kier molecular flexibility index (Phi) is 5.16. The number of nitrogens with two attached hydrogens (primary N) is 1. The van der Waals surface area contributed by atoms with Gasteiger partial charge in [0.05, 0.1) is 0 Å². The average molecular weight is 236 g/mol. The zero-order chi connectivity index (χ0) is 12.7. The molecule has 0 aliphatic rings. The lowest BCUT2D eigenvalue weighted by atomic mass is 10.1. The van der Waals surface area contributed by atoms with Crippen molar-refractivity contribution in [1.82, 2.24) is 5.32 Å². The van der Waals surface area contributed by atoms with Crippen LogP contribution in [0.1, 0.15) is 24.4 Å². The first-order valence-corrected chi connectivity index (χ1v) is 5.40. The van der Waals surface area contributed by atoms with Crippen LogP contribution in [0.15, 0.2) is 30.3 Å². The summed E-state index contributed by atoms with van der Waals surface area (Å²) in [6.07, 6.45) is 0.792. The van der Waals surface area contributed by atoms with E-state index in [4.69, 9.17) is 10.8 Å². The summed E-state index contributed by atoms with van der Waals surface area (Å²) in [6, 6.07) is 8.16. The van der Waals surface area contributed by atoms with Crippen LogP contribution < -0.4 is 11.1 Å². The standard InChI is InChI=1S/C12H16N2O3/c13-10(15)7-4-8-14-11(12(16)17)9-5-2-1-3-6-9/h1-3,5-6,11,14H,4,7-8H2,(H2,13,15)(H,16,17). The van der Waals surface area contributed by atoms with Crippen molar-refractivity contribution in [3.63, 3.8) is 0 Å². The molecule has 1 unspecified atom stereocenters. The van der Waals surface area contributed by atoms with E-state index >= 15 is 0 Å². The number of benzene rings is 1. The fourth-order valence-corrected chi connectivity index (χ4v) is 1.50. The molecule has 0 aromatic heterocycles. The van der Waals surface area contributed by atoms with Gasteiger partial charge in [0.1, 0.15) is 6.04 Å². The van der Waals surface area contributed by atoms with Gasteiger partial charge < -0.3 is 16.2 Å². The highest BCUT2D eigenvalue weighted by molar-refractivity contribution is 5.75. The Morgan fingerprint density at radius 1 is 1.29 bits per heavy atom. The molecule has 5 nitrogen and oxygen atoms in total. The monoisotopic (exact) mass is 236 g/mol. The molecule has 1 rings (SSSR count). The Morgan fingerprint density at radius 3 is 2.47 bits per heavy atom. The van der Waals surface area contributed by atoms with Crippen LogP contribution in [0.3, 0.4) is 0 Å². The van der Waals surface area contributed by atoms with E-state index in [0.29, 0.717) is 18.5 Å². The SMILES string of the molecule is NC(=O)CCCNC(C(=O)O)c1ccccc1. The van der Waals surface area contributed by atoms with Gasteiger partial charge in [-0.15, -0.1) is 0 Å². The van der Waals surface area contributed by atoms with Crippen LogP contribution in [0.2, 0.25) is 0 Å². The molecule has 0 saturated heterocycles. The summed E-state index contributed by atoms with van der Waals surface area (Å²) in [7, 11) is 0. The summed E-state index contributed by atoms with van der Waals surface area (Å²) < 4.78 is 0. The van der Waals surface area contributed by atoms with E-state index in [9.17, 15) is 9.59 Å². The second kappa shape index (κ2) is 6.65. The summed E-state index contributed by atoms with van der Waals surface area (Å²) in [5, 5.41) is 12.0. The van der Waals surface area contributed by atoms with Crippen LogP contribution in [-0.2, 0) is 9.59 Å². The van der Waals surface area contributed by atoms with E-state index in [0.717, 1.165) is 0 Å². The van der Waals surface area contributed by atoms with Gasteiger partial charge in [0.2, 0.25) is 5.91 Å². The lowest BCUT2D eigenvalue weighted by molar-refractivity contribution is -0.139. The van der Waals surface area contributed by atoms with Gasteiger partial charge in [-0.25, -0.2) is 0 Å². The number of carbonyl (C=O) groups excluding carboxylic acids is 1. The molecule has 0 fully saturated rings. The first-order valence-electron chi connectivity index (χ1n) is 5.40. The van der Waals surface area contributed by atoms with Crippen LogP contribution in [0, 0.1) is 0 Å². The van der Waals surface area contributed by atoms with Crippen molar-refractivity contribution in [2.24, 2.45) is 5.73 Å². The average Bonchev–Trinajstić information content (AvgIpc) is 2.29. The van der Waals surface area contributed by atoms with Crippen LogP contribution in [0.4, 0.5) is 0 Å². The maximum absolute atomic E-state index is 11.1. The van der Waals surface area contributed by atoms with Gasteiger partial charge in [-0.3, -0.25) is 9.59 Å². The highest BCUT2D eigenvalue weighted by Gasteiger charge is 2.18. The number of aliphatic carboxylic acids is 1. The molecular weight excluding hydrogens is 220 g/mol. The van der Waals surface area contributed by atoms with E-state index < -0.39 is 12.0 Å². The topological polar surface area (TPSA) is 92.4 Å². The Balaban J connectivity index is 2.51. The molecule has 1 atom stereocenters. The third-order valence-corrected chi connectivity index (χ3v) is 2.33. The lowest BCUT2D eigenvalue weighted by Crippen LogP contribution is -2.29. The Hall–Kier alpha value is -1.88. The minimum absolute atomic E-state index is 0.258. The van der Waals surface area contributed by atoms with E-state index in [-0.39, 0.29) is 12.3 Å². The molecule has 0 heterocycles. The van der Waals surface area contributed by atoms with E-state index in [1.165, 1.54) is 0 Å².